The molecule has 1 aliphatic heterocycles. The summed E-state index contributed by atoms with van der Waals surface area (Å²) in [5.74, 6) is 0.0564. The maximum Gasteiger partial charge on any atom is 0.167 e. The molecule has 1 aromatic carbocycles. The van der Waals surface area contributed by atoms with Gasteiger partial charge in [-0.3, -0.25) is 4.79 Å². The van der Waals surface area contributed by atoms with E-state index in [0.29, 0.717) is 13.2 Å². The van der Waals surface area contributed by atoms with Crippen molar-refractivity contribution in [3.05, 3.63) is 35.9 Å². The summed E-state index contributed by atoms with van der Waals surface area (Å²) in [5, 5.41) is 3.21. The molecule has 0 bridgehead atoms. The van der Waals surface area contributed by atoms with Crippen molar-refractivity contribution in [2.45, 2.75) is 12.5 Å². The summed E-state index contributed by atoms with van der Waals surface area (Å²) in [4.78, 5) is 11.8. The highest BCUT2D eigenvalue weighted by molar-refractivity contribution is 5.86. The number of carbonyl (C=O) groups excluding carboxylic acids is 1. The lowest BCUT2D eigenvalue weighted by Crippen LogP contribution is -2.51. The molecule has 1 heterocycles. The van der Waals surface area contributed by atoms with Crippen molar-refractivity contribution in [3.63, 3.8) is 0 Å². The van der Waals surface area contributed by atoms with E-state index in [1.54, 1.807) is 6.92 Å². The van der Waals surface area contributed by atoms with Crippen LogP contribution < -0.4 is 5.32 Å². The van der Waals surface area contributed by atoms with Gasteiger partial charge < -0.3 is 10.1 Å². The number of ether oxygens (including phenoxy) is 1. The summed E-state index contributed by atoms with van der Waals surface area (Å²) >= 11 is 0. The maximum atomic E-state index is 11.8. The summed E-state index contributed by atoms with van der Waals surface area (Å²) in [5.41, 5.74) is 0.157. The Hall–Kier alpha value is -1.19. The van der Waals surface area contributed by atoms with Crippen LogP contribution in [0.4, 0.5) is 0 Å². The lowest BCUT2D eigenvalue weighted by molar-refractivity contribution is -0.147. The molecule has 80 valence electrons. The molecular weight excluding hydrogens is 190 g/mol. The number of carbonyl (C=O) groups is 1. The number of morpholine rings is 1. The summed E-state index contributed by atoms with van der Waals surface area (Å²) in [6.07, 6.45) is 0. The Morgan fingerprint density at radius 2 is 2.13 bits per heavy atom. The molecule has 0 saturated carbocycles. The zero-order chi connectivity index (χ0) is 10.7. The molecule has 1 aliphatic rings. The molecule has 0 radical (unpaired) electrons. The Morgan fingerprint density at radius 3 is 2.67 bits per heavy atom. The van der Waals surface area contributed by atoms with Crippen molar-refractivity contribution in [1.82, 2.24) is 5.32 Å². The Kier molecular flexibility index (Phi) is 2.84. The molecule has 1 saturated heterocycles. The van der Waals surface area contributed by atoms with Crippen LogP contribution in [-0.2, 0) is 15.1 Å². The number of nitrogens with one attached hydrogen (secondary N) is 1. The van der Waals surface area contributed by atoms with E-state index in [0.717, 1.165) is 12.1 Å². The highest BCUT2D eigenvalue weighted by atomic mass is 16.5. The molecule has 3 heteroatoms. The van der Waals surface area contributed by atoms with Gasteiger partial charge >= 0.3 is 0 Å². The van der Waals surface area contributed by atoms with Gasteiger partial charge in [-0.25, -0.2) is 0 Å². The van der Waals surface area contributed by atoms with Gasteiger partial charge in [0.1, 0.15) is 0 Å². The fraction of sp³-hybridized carbons (Fsp3) is 0.417. The summed E-state index contributed by atoms with van der Waals surface area (Å²) in [6.45, 7) is 3.53. The fourth-order valence-electron chi connectivity index (χ4n) is 1.94. The van der Waals surface area contributed by atoms with Gasteiger partial charge in [0, 0.05) is 13.1 Å². The molecule has 1 unspecified atom stereocenters. The average Bonchev–Trinajstić information content (AvgIpc) is 2.31. The normalized spacial score (nSPS) is 26.2. The Bertz CT molecular complexity index is 342. The molecule has 0 aliphatic carbocycles. The van der Waals surface area contributed by atoms with Crippen molar-refractivity contribution in [2.24, 2.45) is 0 Å². The number of Topliss-reactive ketones (excluding diaryl/α,β-unsaturated/α-hetero) is 1. The lowest BCUT2D eigenvalue weighted by Gasteiger charge is -2.35. The summed E-state index contributed by atoms with van der Waals surface area (Å²) in [6, 6.07) is 9.67. The second kappa shape index (κ2) is 4.13. The van der Waals surface area contributed by atoms with Crippen molar-refractivity contribution < 1.29 is 9.53 Å². The predicted molar refractivity (Wildman–Crippen MR) is 57.6 cm³/mol. The van der Waals surface area contributed by atoms with Gasteiger partial charge in [0.05, 0.1) is 6.61 Å². The van der Waals surface area contributed by atoms with E-state index in [1.807, 2.05) is 30.3 Å². The van der Waals surface area contributed by atoms with Gasteiger partial charge in [0.25, 0.3) is 0 Å². The SMILES string of the molecule is CC(=O)C1(c2ccccc2)CNCCO1. The van der Waals surface area contributed by atoms with E-state index in [1.165, 1.54) is 0 Å². The minimum absolute atomic E-state index is 0.0564. The van der Waals surface area contributed by atoms with Gasteiger partial charge in [-0.2, -0.15) is 0 Å². The van der Waals surface area contributed by atoms with Crippen LogP contribution in [-0.4, -0.2) is 25.5 Å². The molecule has 15 heavy (non-hydrogen) atoms. The highest BCUT2D eigenvalue weighted by Gasteiger charge is 2.39. The fourth-order valence-corrected chi connectivity index (χ4v) is 1.94. The molecule has 0 aromatic heterocycles. The van der Waals surface area contributed by atoms with Gasteiger partial charge in [-0.15, -0.1) is 0 Å². The van der Waals surface area contributed by atoms with Crippen LogP contribution in [0.5, 0.6) is 0 Å². The van der Waals surface area contributed by atoms with Gasteiger partial charge in [0.15, 0.2) is 11.4 Å². The first-order valence-electron chi connectivity index (χ1n) is 5.17. The predicted octanol–water partition coefficient (Wildman–Crippen LogP) is 1.09. The average molecular weight is 205 g/mol. The van der Waals surface area contributed by atoms with Crippen LogP contribution in [0.15, 0.2) is 30.3 Å². The number of ketones is 1. The van der Waals surface area contributed by atoms with Crippen molar-refractivity contribution in [1.29, 1.82) is 0 Å². The second-order valence-corrected chi connectivity index (χ2v) is 3.77. The third-order valence-corrected chi connectivity index (χ3v) is 2.81. The zero-order valence-corrected chi connectivity index (χ0v) is 8.82. The third-order valence-electron chi connectivity index (χ3n) is 2.81. The van der Waals surface area contributed by atoms with Crippen LogP contribution in [0.1, 0.15) is 12.5 Å². The summed E-state index contributed by atoms with van der Waals surface area (Å²) < 4.78 is 5.70. The standard InChI is InChI=1S/C12H15NO2/c1-10(14)12(9-13-7-8-15-12)11-5-3-2-4-6-11/h2-6,13H,7-9H2,1H3. The molecule has 3 nitrogen and oxygen atoms in total. The largest absolute Gasteiger partial charge is 0.360 e. The van der Waals surface area contributed by atoms with Crippen LogP contribution in [0, 0.1) is 0 Å². The van der Waals surface area contributed by atoms with E-state index in [4.69, 9.17) is 4.74 Å². The quantitative estimate of drug-likeness (QED) is 0.785. The second-order valence-electron chi connectivity index (χ2n) is 3.77. The maximum absolute atomic E-state index is 11.8. The molecule has 1 N–H and O–H groups in total. The third kappa shape index (κ3) is 1.80. The number of rotatable bonds is 2. The minimum atomic E-state index is -0.778. The first kappa shape index (κ1) is 10.3. The topological polar surface area (TPSA) is 38.3 Å². The van der Waals surface area contributed by atoms with E-state index >= 15 is 0 Å². The lowest BCUT2D eigenvalue weighted by atomic mass is 9.89. The van der Waals surface area contributed by atoms with E-state index < -0.39 is 5.60 Å². The first-order chi connectivity index (χ1) is 7.26. The highest BCUT2D eigenvalue weighted by Crippen LogP contribution is 2.27. The van der Waals surface area contributed by atoms with Crippen molar-refractivity contribution >= 4 is 5.78 Å². The Labute approximate surface area is 89.4 Å². The first-order valence-corrected chi connectivity index (χ1v) is 5.17. The van der Waals surface area contributed by atoms with Crippen LogP contribution >= 0.6 is 0 Å². The van der Waals surface area contributed by atoms with Gasteiger partial charge in [0.2, 0.25) is 0 Å². The number of benzene rings is 1. The molecule has 1 atom stereocenters. The van der Waals surface area contributed by atoms with Gasteiger partial charge in [-0.1, -0.05) is 30.3 Å². The molecule has 1 aromatic rings. The van der Waals surface area contributed by atoms with Crippen LogP contribution in [0.25, 0.3) is 0 Å². The molecular formula is C12H15NO2. The summed E-state index contributed by atoms with van der Waals surface area (Å²) in [7, 11) is 0. The Balaban J connectivity index is 2.38. The zero-order valence-electron chi connectivity index (χ0n) is 8.82. The van der Waals surface area contributed by atoms with Crippen molar-refractivity contribution in [2.75, 3.05) is 19.7 Å². The molecule has 0 spiro atoms. The molecule has 2 rings (SSSR count). The van der Waals surface area contributed by atoms with E-state index in [9.17, 15) is 4.79 Å². The van der Waals surface area contributed by atoms with E-state index in [2.05, 4.69) is 5.32 Å². The minimum Gasteiger partial charge on any atom is -0.360 e. The molecule has 1 fully saturated rings. The van der Waals surface area contributed by atoms with E-state index in [-0.39, 0.29) is 5.78 Å². The molecule has 0 amide bonds. The number of hydrogen-bond acceptors (Lipinski definition) is 3. The monoisotopic (exact) mass is 205 g/mol. The van der Waals surface area contributed by atoms with Crippen LogP contribution in [0.2, 0.25) is 0 Å². The Morgan fingerprint density at radius 1 is 1.40 bits per heavy atom. The van der Waals surface area contributed by atoms with Crippen LogP contribution in [0.3, 0.4) is 0 Å². The van der Waals surface area contributed by atoms with Gasteiger partial charge in [-0.05, 0) is 12.5 Å². The smallest absolute Gasteiger partial charge is 0.167 e. The van der Waals surface area contributed by atoms with Crippen molar-refractivity contribution in [3.8, 4) is 0 Å². The number of hydrogen-bond donors (Lipinski definition) is 1.